The third kappa shape index (κ3) is 2.73. The molecular formula is C13H18FNO. The lowest BCUT2D eigenvalue weighted by Crippen LogP contribution is -2.16. The van der Waals surface area contributed by atoms with E-state index >= 15 is 0 Å². The first kappa shape index (κ1) is 11.4. The number of alkyl halides is 1. The first-order valence-corrected chi connectivity index (χ1v) is 5.84. The summed E-state index contributed by atoms with van der Waals surface area (Å²) in [6.07, 6.45) is 0.172. The van der Waals surface area contributed by atoms with Gasteiger partial charge in [0.1, 0.15) is 11.9 Å². The van der Waals surface area contributed by atoms with Gasteiger partial charge in [-0.2, -0.15) is 0 Å². The Hall–Kier alpha value is -1.09. The summed E-state index contributed by atoms with van der Waals surface area (Å²) in [5, 5.41) is 3.29. The number of hydrogen-bond donors (Lipinski definition) is 1. The first-order valence-electron chi connectivity index (χ1n) is 5.84. The van der Waals surface area contributed by atoms with Crippen LogP contribution in [-0.2, 0) is 0 Å². The predicted molar refractivity (Wildman–Crippen MR) is 62.4 cm³/mol. The van der Waals surface area contributed by atoms with Crippen LogP contribution < -0.4 is 10.1 Å². The summed E-state index contributed by atoms with van der Waals surface area (Å²) >= 11 is 0. The molecular weight excluding hydrogens is 205 g/mol. The standard InChI is InChI=1S/C13H18FNO/c1-10(14)12-4-2-3-5-13(12)16-9-11-6-7-15-8-11/h2-5,10-11,15H,6-9H2,1H3. The summed E-state index contributed by atoms with van der Waals surface area (Å²) in [5.74, 6) is 1.24. The molecule has 1 aromatic carbocycles. The van der Waals surface area contributed by atoms with Crippen molar-refractivity contribution >= 4 is 0 Å². The van der Waals surface area contributed by atoms with E-state index in [-0.39, 0.29) is 0 Å². The van der Waals surface area contributed by atoms with Crippen LogP contribution in [0.25, 0.3) is 0 Å². The van der Waals surface area contributed by atoms with Crippen molar-refractivity contribution in [2.45, 2.75) is 19.5 Å². The fourth-order valence-electron chi connectivity index (χ4n) is 2.00. The van der Waals surface area contributed by atoms with Gasteiger partial charge in [0.2, 0.25) is 0 Å². The Balaban J connectivity index is 1.97. The van der Waals surface area contributed by atoms with Gasteiger partial charge in [0.05, 0.1) is 6.61 Å². The quantitative estimate of drug-likeness (QED) is 0.847. The lowest BCUT2D eigenvalue weighted by Gasteiger charge is -2.14. The smallest absolute Gasteiger partial charge is 0.126 e. The van der Waals surface area contributed by atoms with Gasteiger partial charge in [-0.25, -0.2) is 4.39 Å². The molecule has 0 spiro atoms. The molecule has 0 radical (unpaired) electrons. The van der Waals surface area contributed by atoms with Crippen LogP contribution in [0.1, 0.15) is 25.1 Å². The second-order valence-electron chi connectivity index (χ2n) is 4.32. The van der Waals surface area contributed by atoms with Crippen molar-refractivity contribution in [3.63, 3.8) is 0 Å². The number of para-hydroxylation sites is 1. The van der Waals surface area contributed by atoms with E-state index in [1.165, 1.54) is 0 Å². The first-order chi connectivity index (χ1) is 7.77. The predicted octanol–water partition coefficient (Wildman–Crippen LogP) is 2.71. The lowest BCUT2D eigenvalue weighted by atomic mass is 10.1. The van der Waals surface area contributed by atoms with Gasteiger partial charge in [0.25, 0.3) is 0 Å². The highest BCUT2D eigenvalue weighted by atomic mass is 19.1. The van der Waals surface area contributed by atoms with E-state index in [1.54, 1.807) is 13.0 Å². The number of nitrogens with one attached hydrogen (secondary N) is 1. The highest BCUT2D eigenvalue weighted by Gasteiger charge is 2.16. The molecule has 1 aromatic rings. The van der Waals surface area contributed by atoms with Crippen molar-refractivity contribution in [2.75, 3.05) is 19.7 Å². The fourth-order valence-corrected chi connectivity index (χ4v) is 2.00. The molecule has 0 aromatic heterocycles. The van der Waals surface area contributed by atoms with Gasteiger partial charge in [-0.3, -0.25) is 0 Å². The van der Waals surface area contributed by atoms with Gasteiger partial charge in [-0.05, 0) is 26.0 Å². The van der Waals surface area contributed by atoms with E-state index in [0.717, 1.165) is 19.5 Å². The second-order valence-corrected chi connectivity index (χ2v) is 4.32. The summed E-state index contributed by atoms with van der Waals surface area (Å²) in [7, 11) is 0. The van der Waals surface area contributed by atoms with Gasteiger partial charge < -0.3 is 10.1 Å². The van der Waals surface area contributed by atoms with E-state index in [0.29, 0.717) is 23.8 Å². The lowest BCUT2D eigenvalue weighted by molar-refractivity contribution is 0.250. The number of rotatable bonds is 4. The summed E-state index contributed by atoms with van der Waals surface area (Å²) in [6, 6.07) is 7.35. The van der Waals surface area contributed by atoms with E-state index in [9.17, 15) is 4.39 Å². The van der Waals surface area contributed by atoms with Crippen LogP contribution in [0.2, 0.25) is 0 Å². The van der Waals surface area contributed by atoms with Crippen LogP contribution in [0.15, 0.2) is 24.3 Å². The summed E-state index contributed by atoms with van der Waals surface area (Å²) in [4.78, 5) is 0. The van der Waals surface area contributed by atoms with Gasteiger partial charge in [-0.15, -0.1) is 0 Å². The number of halogens is 1. The second kappa shape index (κ2) is 5.30. The zero-order valence-electron chi connectivity index (χ0n) is 9.58. The molecule has 2 rings (SSSR count). The van der Waals surface area contributed by atoms with Gasteiger partial charge in [0, 0.05) is 18.0 Å². The van der Waals surface area contributed by atoms with E-state index < -0.39 is 6.17 Å². The van der Waals surface area contributed by atoms with Gasteiger partial charge in [0.15, 0.2) is 0 Å². The van der Waals surface area contributed by atoms with Crippen molar-refractivity contribution in [3.8, 4) is 5.75 Å². The van der Waals surface area contributed by atoms with Crippen molar-refractivity contribution < 1.29 is 9.13 Å². The maximum atomic E-state index is 13.3. The van der Waals surface area contributed by atoms with Crippen molar-refractivity contribution in [2.24, 2.45) is 5.92 Å². The maximum Gasteiger partial charge on any atom is 0.126 e. The van der Waals surface area contributed by atoms with Crippen molar-refractivity contribution in [3.05, 3.63) is 29.8 Å². The molecule has 2 atom stereocenters. The van der Waals surface area contributed by atoms with E-state index in [4.69, 9.17) is 4.74 Å². The third-order valence-corrected chi connectivity index (χ3v) is 2.98. The molecule has 1 N–H and O–H groups in total. The Bertz CT molecular complexity index is 334. The Morgan fingerprint density at radius 2 is 2.31 bits per heavy atom. The molecule has 3 heteroatoms. The molecule has 88 valence electrons. The zero-order chi connectivity index (χ0) is 11.4. The minimum absolute atomic E-state index is 0.558. The van der Waals surface area contributed by atoms with Crippen LogP contribution in [0.5, 0.6) is 5.75 Å². The molecule has 1 aliphatic heterocycles. The van der Waals surface area contributed by atoms with E-state index in [2.05, 4.69) is 5.32 Å². The van der Waals surface area contributed by atoms with Crippen LogP contribution in [0, 0.1) is 5.92 Å². The van der Waals surface area contributed by atoms with Crippen LogP contribution in [0.3, 0.4) is 0 Å². The largest absolute Gasteiger partial charge is 0.493 e. The summed E-state index contributed by atoms with van der Waals surface area (Å²) < 4.78 is 19.0. The van der Waals surface area contributed by atoms with Crippen LogP contribution in [0.4, 0.5) is 4.39 Å². The summed E-state index contributed by atoms with van der Waals surface area (Å²) in [6.45, 7) is 4.29. The zero-order valence-corrected chi connectivity index (χ0v) is 9.58. The fraction of sp³-hybridized carbons (Fsp3) is 0.538. The molecule has 16 heavy (non-hydrogen) atoms. The Morgan fingerprint density at radius 1 is 1.50 bits per heavy atom. The molecule has 1 aliphatic rings. The van der Waals surface area contributed by atoms with Gasteiger partial charge in [-0.1, -0.05) is 18.2 Å². The average molecular weight is 223 g/mol. The topological polar surface area (TPSA) is 21.3 Å². The van der Waals surface area contributed by atoms with Gasteiger partial charge >= 0.3 is 0 Å². The highest BCUT2D eigenvalue weighted by molar-refractivity contribution is 5.34. The molecule has 0 bridgehead atoms. The maximum absolute atomic E-state index is 13.3. The normalized spacial score (nSPS) is 22.0. The Kier molecular flexibility index (Phi) is 3.78. The van der Waals surface area contributed by atoms with Crippen LogP contribution >= 0.6 is 0 Å². The molecule has 0 saturated carbocycles. The molecule has 0 aliphatic carbocycles. The molecule has 1 fully saturated rings. The molecule has 0 amide bonds. The van der Waals surface area contributed by atoms with Crippen molar-refractivity contribution in [1.29, 1.82) is 0 Å². The number of ether oxygens (including phenoxy) is 1. The van der Waals surface area contributed by atoms with E-state index in [1.807, 2.05) is 18.2 Å². The molecule has 1 heterocycles. The van der Waals surface area contributed by atoms with Crippen molar-refractivity contribution in [1.82, 2.24) is 5.32 Å². The summed E-state index contributed by atoms with van der Waals surface area (Å²) in [5.41, 5.74) is 0.647. The monoisotopic (exact) mass is 223 g/mol. The number of benzene rings is 1. The Labute approximate surface area is 95.8 Å². The molecule has 1 saturated heterocycles. The number of hydrogen-bond acceptors (Lipinski definition) is 2. The average Bonchev–Trinajstić information content (AvgIpc) is 2.79. The minimum atomic E-state index is -0.974. The third-order valence-electron chi connectivity index (χ3n) is 2.98. The highest BCUT2D eigenvalue weighted by Crippen LogP contribution is 2.27. The minimum Gasteiger partial charge on any atom is -0.493 e. The van der Waals surface area contributed by atoms with Crippen LogP contribution in [-0.4, -0.2) is 19.7 Å². The Morgan fingerprint density at radius 3 is 3.00 bits per heavy atom. The molecule has 2 nitrogen and oxygen atoms in total. The molecule has 2 unspecified atom stereocenters. The SMILES string of the molecule is CC(F)c1ccccc1OCC1CCNC1.